The van der Waals surface area contributed by atoms with E-state index in [-0.39, 0.29) is 23.0 Å². The summed E-state index contributed by atoms with van der Waals surface area (Å²) < 4.78 is 19.1. The van der Waals surface area contributed by atoms with E-state index in [2.05, 4.69) is 0 Å². The Morgan fingerprint density at radius 1 is 0.971 bits per heavy atom. The molecule has 0 aromatic heterocycles. The van der Waals surface area contributed by atoms with Crippen molar-refractivity contribution in [2.45, 2.75) is 39.3 Å². The van der Waals surface area contributed by atoms with Crippen LogP contribution in [0.1, 0.15) is 43.5 Å². The molecular formula is C28H26FNO4. The number of carbonyl (C=O) groups is 2. The van der Waals surface area contributed by atoms with E-state index in [9.17, 15) is 19.1 Å². The van der Waals surface area contributed by atoms with Crippen LogP contribution < -0.4 is 9.64 Å². The number of anilines is 1. The van der Waals surface area contributed by atoms with Gasteiger partial charge in [-0.2, -0.15) is 0 Å². The number of hydrogen-bond donors (Lipinski definition) is 1. The molecule has 1 amide bonds. The van der Waals surface area contributed by atoms with Gasteiger partial charge < -0.3 is 9.84 Å². The molecule has 0 saturated carbocycles. The molecule has 34 heavy (non-hydrogen) atoms. The number of Topliss-reactive ketones (excluding diaryl/α,β-unsaturated/α-hetero) is 1. The molecule has 1 aliphatic rings. The highest BCUT2D eigenvalue weighted by Crippen LogP contribution is 2.42. The molecule has 0 spiro atoms. The number of ketones is 1. The normalized spacial score (nSPS) is 17.4. The van der Waals surface area contributed by atoms with E-state index in [0.717, 1.165) is 12.0 Å². The number of aliphatic hydroxyl groups is 1. The minimum absolute atomic E-state index is 0.00660. The van der Waals surface area contributed by atoms with E-state index in [0.29, 0.717) is 17.0 Å². The first kappa shape index (κ1) is 23.2. The number of ether oxygens (including phenoxy) is 1. The highest BCUT2D eigenvalue weighted by Gasteiger charge is 2.46. The molecule has 5 nitrogen and oxygen atoms in total. The van der Waals surface area contributed by atoms with Crippen LogP contribution in [0.4, 0.5) is 10.1 Å². The largest absolute Gasteiger partial charge is 0.507 e. The fraction of sp³-hybridized carbons (Fsp3) is 0.214. The van der Waals surface area contributed by atoms with Crippen molar-refractivity contribution < 1.29 is 23.8 Å². The number of amides is 1. The van der Waals surface area contributed by atoms with E-state index >= 15 is 0 Å². The van der Waals surface area contributed by atoms with Gasteiger partial charge in [0.1, 0.15) is 17.3 Å². The van der Waals surface area contributed by atoms with Crippen LogP contribution in [0, 0.1) is 5.82 Å². The van der Waals surface area contributed by atoms with Crippen LogP contribution in [0.3, 0.4) is 0 Å². The summed E-state index contributed by atoms with van der Waals surface area (Å²) in [4.78, 5) is 27.8. The van der Waals surface area contributed by atoms with Crippen LogP contribution in [0.15, 0.2) is 78.4 Å². The molecule has 3 aromatic carbocycles. The Morgan fingerprint density at radius 3 is 2.15 bits per heavy atom. The molecule has 4 rings (SSSR count). The Morgan fingerprint density at radius 2 is 1.59 bits per heavy atom. The monoisotopic (exact) mass is 459 g/mol. The number of benzene rings is 3. The lowest BCUT2D eigenvalue weighted by Crippen LogP contribution is -2.29. The van der Waals surface area contributed by atoms with E-state index in [1.807, 2.05) is 45.0 Å². The van der Waals surface area contributed by atoms with Gasteiger partial charge in [-0.25, -0.2) is 4.39 Å². The number of aryl methyl sites for hydroxylation is 1. The van der Waals surface area contributed by atoms with E-state index in [4.69, 9.17) is 4.74 Å². The van der Waals surface area contributed by atoms with Crippen molar-refractivity contribution in [1.82, 2.24) is 0 Å². The van der Waals surface area contributed by atoms with Crippen molar-refractivity contribution in [3.8, 4) is 5.75 Å². The molecule has 6 heteroatoms. The third-order valence-electron chi connectivity index (χ3n) is 5.75. The zero-order valence-corrected chi connectivity index (χ0v) is 19.3. The summed E-state index contributed by atoms with van der Waals surface area (Å²) in [5.41, 5.74) is 2.51. The molecule has 1 unspecified atom stereocenters. The zero-order valence-electron chi connectivity index (χ0n) is 19.3. The molecule has 0 radical (unpaired) electrons. The Kier molecular flexibility index (Phi) is 6.50. The number of aliphatic hydroxyl groups excluding tert-OH is 1. The molecule has 1 saturated heterocycles. The van der Waals surface area contributed by atoms with Crippen molar-refractivity contribution in [1.29, 1.82) is 0 Å². The first-order valence-electron chi connectivity index (χ1n) is 11.2. The average molecular weight is 460 g/mol. The van der Waals surface area contributed by atoms with Crippen LogP contribution in [0.25, 0.3) is 5.76 Å². The van der Waals surface area contributed by atoms with E-state index in [1.165, 1.54) is 29.2 Å². The molecule has 0 bridgehead atoms. The van der Waals surface area contributed by atoms with Gasteiger partial charge in [0.15, 0.2) is 0 Å². The molecule has 0 aliphatic carbocycles. The third kappa shape index (κ3) is 4.44. The summed E-state index contributed by atoms with van der Waals surface area (Å²) in [7, 11) is 0. The standard InChI is InChI=1S/C28H26FNO4/c1-4-18-5-7-19(8-6-18)25-24(26(31)20-9-11-21(29)12-10-20)27(32)28(33)30(25)22-13-15-23(16-14-22)34-17(2)3/h5-17,25,31H,4H2,1-3H3/b26-24+. The Labute approximate surface area is 198 Å². The van der Waals surface area contributed by atoms with Gasteiger partial charge in [0.2, 0.25) is 0 Å². The van der Waals surface area contributed by atoms with Crippen molar-refractivity contribution in [2.24, 2.45) is 0 Å². The predicted octanol–water partition coefficient (Wildman–Crippen LogP) is 5.80. The fourth-order valence-electron chi connectivity index (χ4n) is 4.07. The topological polar surface area (TPSA) is 66.8 Å². The number of carbonyl (C=O) groups excluding carboxylic acids is 2. The number of nitrogens with zero attached hydrogens (tertiary/aromatic N) is 1. The van der Waals surface area contributed by atoms with Crippen LogP contribution in [0.2, 0.25) is 0 Å². The summed E-state index contributed by atoms with van der Waals surface area (Å²) in [6, 6.07) is 18.8. The van der Waals surface area contributed by atoms with Crippen molar-refractivity contribution in [2.75, 3.05) is 4.90 Å². The number of halogens is 1. The molecule has 1 aliphatic heterocycles. The van der Waals surface area contributed by atoms with Gasteiger partial charge in [-0.05, 0) is 79.9 Å². The zero-order chi connectivity index (χ0) is 24.4. The summed E-state index contributed by atoms with van der Waals surface area (Å²) in [5.74, 6) is -1.71. The fourth-order valence-corrected chi connectivity index (χ4v) is 4.07. The van der Waals surface area contributed by atoms with Gasteiger partial charge in [0.25, 0.3) is 11.7 Å². The highest BCUT2D eigenvalue weighted by molar-refractivity contribution is 6.51. The molecule has 174 valence electrons. The molecule has 3 aromatic rings. The van der Waals surface area contributed by atoms with Crippen molar-refractivity contribution in [3.63, 3.8) is 0 Å². The quantitative estimate of drug-likeness (QED) is 0.287. The highest BCUT2D eigenvalue weighted by atomic mass is 19.1. The van der Waals surface area contributed by atoms with Crippen LogP contribution in [0.5, 0.6) is 5.75 Å². The second kappa shape index (κ2) is 9.51. The SMILES string of the molecule is CCc1ccc(C2/C(=C(\O)c3ccc(F)cc3)C(=O)C(=O)N2c2ccc(OC(C)C)cc2)cc1. The van der Waals surface area contributed by atoms with Crippen LogP contribution in [-0.4, -0.2) is 22.9 Å². The van der Waals surface area contributed by atoms with Gasteiger partial charge in [-0.3, -0.25) is 14.5 Å². The minimum Gasteiger partial charge on any atom is -0.507 e. The second-order valence-corrected chi connectivity index (χ2v) is 8.43. The summed E-state index contributed by atoms with van der Waals surface area (Å²) in [6.07, 6.45) is 0.834. The molecular weight excluding hydrogens is 433 g/mol. The molecule has 1 heterocycles. The van der Waals surface area contributed by atoms with Gasteiger partial charge in [0, 0.05) is 11.3 Å². The maximum atomic E-state index is 13.4. The summed E-state index contributed by atoms with van der Waals surface area (Å²) in [5, 5.41) is 11.1. The number of rotatable bonds is 6. The maximum Gasteiger partial charge on any atom is 0.300 e. The lowest BCUT2D eigenvalue weighted by atomic mass is 9.94. The van der Waals surface area contributed by atoms with Crippen molar-refractivity contribution >= 4 is 23.1 Å². The Balaban J connectivity index is 1.86. The molecule has 1 fully saturated rings. The van der Waals surface area contributed by atoms with E-state index < -0.39 is 23.5 Å². The summed E-state index contributed by atoms with van der Waals surface area (Å²) in [6.45, 7) is 5.88. The lowest BCUT2D eigenvalue weighted by Gasteiger charge is -2.26. The maximum absolute atomic E-state index is 13.4. The third-order valence-corrected chi connectivity index (χ3v) is 5.75. The minimum atomic E-state index is -0.840. The average Bonchev–Trinajstić information content (AvgIpc) is 3.10. The van der Waals surface area contributed by atoms with Gasteiger partial charge in [0.05, 0.1) is 17.7 Å². The molecule has 1 atom stereocenters. The first-order chi connectivity index (χ1) is 16.3. The second-order valence-electron chi connectivity index (χ2n) is 8.43. The first-order valence-corrected chi connectivity index (χ1v) is 11.2. The lowest BCUT2D eigenvalue weighted by molar-refractivity contribution is -0.132. The van der Waals surface area contributed by atoms with Crippen molar-refractivity contribution in [3.05, 3.63) is 101 Å². The van der Waals surface area contributed by atoms with Gasteiger partial charge in [-0.1, -0.05) is 31.2 Å². The predicted molar refractivity (Wildman–Crippen MR) is 129 cm³/mol. The Hall–Kier alpha value is -3.93. The summed E-state index contributed by atoms with van der Waals surface area (Å²) >= 11 is 0. The number of hydrogen-bond acceptors (Lipinski definition) is 4. The smallest absolute Gasteiger partial charge is 0.300 e. The van der Waals surface area contributed by atoms with Crippen LogP contribution in [-0.2, 0) is 16.0 Å². The van der Waals surface area contributed by atoms with Gasteiger partial charge in [-0.15, -0.1) is 0 Å². The van der Waals surface area contributed by atoms with Crippen LogP contribution >= 0.6 is 0 Å². The van der Waals surface area contributed by atoms with Gasteiger partial charge >= 0.3 is 0 Å². The van der Waals surface area contributed by atoms with E-state index in [1.54, 1.807) is 24.3 Å². The Bertz CT molecular complexity index is 1230. The molecule has 1 N–H and O–H groups in total.